The summed E-state index contributed by atoms with van der Waals surface area (Å²) in [5.41, 5.74) is 2.55. The van der Waals surface area contributed by atoms with Crippen molar-refractivity contribution >= 4 is 5.91 Å². The molecule has 0 spiro atoms. The van der Waals surface area contributed by atoms with Crippen molar-refractivity contribution in [1.82, 2.24) is 20.1 Å². The highest BCUT2D eigenvalue weighted by Crippen LogP contribution is 2.26. The van der Waals surface area contributed by atoms with E-state index in [1.807, 2.05) is 25.2 Å². The second kappa shape index (κ2) is 6.70. The zero-order valence-corrected chi connectivity index (χ0v) is 12.7. The molecule has 0 aromatic carbocycles. The van der Waals surface area contributed by atoms with Crippen molar-refractivity contribution in [2.75, 3.05) is 13.2 Å². The Balaban J connectivity index is 1.66. The molecule has 22 heavy (non-hydrogen) atoms. The Morgan fingerprint density at radius 2 is 2.27 bits per heavy atom. The molecule has 0 aliphatic carbocycles. The van der Waals surface area contributed by atoms with E-state index in [4.69, 9.17) is 4.74 Å². The largest absolute Gasteiger partial charge is 0.381 e. The van der Waals surface area contributed by atoms with Crippen LogP contribution in [-0.4, -0.2) is 33.9 Å². The van der Waals surface area contributed by atoms with Crippen molar-refractivity contribution in [1.29, 1.82) is 0 Å². The minimum Gasteiger partial charge on any atom is -0.381 e. The van der Waals surface area contributed by atoms with Crippen molar-refractivity contribution < 1.29 is 9.53 Å². The van der Waals surface area contributed by atoms with Gasteiger partial charge in [0, 0.05) is 45.1 Å². The third-order valence-electron chi connectivity index (χ3n) is 3.95. The molecule has 1 fully saturated rings. The number of carbonyl (C=O) groups is 1. The molecule has 6 nitrogen and oxygen atoms in total. The molecule has 0 radical (unpaired) electrons. The summed E-state index contributed by atoms with van der Waals surface area (Å²) in [6, 6.07) is 5.69. The molecule has 2 aromatic rings. The maximum atomic E-state index is 12.3. The number of hydrogen-bond acceptors (Lipinski definition) is 4. The second-order valence-electron chi connectivity index (χ2n) is 5.51. The predicted molar refractivity (Wildman–Crippen MR) is 81.4 cm³/mol. The molecule has 1 saturated heterocycles. The van der Waals surface area contributed by atoms with E-state index in [-0.39, 0.29) is 5.91 Å². The van der Waals surface area contributed by atoms with Crippen LogP contribution in [0.5, 0.6) is 0 Å². The lowest BCUT2D eigenvalue weighted by Gasteiger charge is -2.19. The summed E-state index contributed by atoms with van der Waals surface area (Å²) in [5, 5.41) is 7.41. The zero-order valence-electron chi connectivity index (χ0n) is 12.7. The number of aromatic nitrogens is 3. The maximum Gasteiger partial charge on any atom is 0.269 e. The smallest absolute Gasteiger partial charge is 0.269 e. The number of rotatable bonds is 4. The highest BCUT2D eigenvalue weighted by atomic mass is 16.5. The van der Waals surface area contributed by atoms with Crippen LogP contribution in [0.3, 0.4) is 0 Å². The number of nitrogens with one attached hydrogen (secondary N) is 1. The van der Waals surface area contributed by atoms with E-state index in [2.05, 4.69) is 15.4 Å². The van der Waals surface area contributed by atoms with Gasteiger partial charge in [-0.05, 0) is 30.5 Å². The van der Waals surface area contributed by atoms with E-state index in [1.165, 1.54) is 0 Å². The van der Waals surface area contributed by atoms with Gasteiger partial charge in [0.2, 0.25) is 0 Å². The van der Waals surface area contributed by atoms with E-state index >= 15 is 0 Å². The minimum absolute atomic E-state index is 0.114. The van der Waals surface area contributed by atoms with E-state index in [9.17, 15) is 4.79 Å². The topological polar surface area (TPSA) is 69.0 Å². The van der Waals surface area contributed by atoms with Gasteiger partial charge in [-0.2, -0.15) is 5.10 Å². The van der Waals surface area contributed by atoms with Gasteiger partial charge in [0.15, 0.2) is 0 Å². The van der Waals surface area contributed by atoms with Crippen LogP contribution < -0.4 is 5.32 Å². The first kappa shape index (κ1) is 14.7. The Bertz CT molecular complexity index is 633. The number of carbonyl (C=O) groups excluding carboxylic acids is 1. The van der Waals surface area contributed by atoms with Crippen LogP contribution in [0.4, 0.5) is 0 Å². The molecule has 1 N–H and O–H groups in total. The van der Waals surface area contributed by atoms with Crippen LogP contribution in [0.2, 0.25) is 0 Å². The molecule has 1 aliphatic rings. The summed E-state index contributed by atoms with van der Waals surface area (Å²) in [6.45, 7) is 2.00. The maximum absolute atomic E-state index is 12.3. The standard InChI is InChI=1S/C16H20N4O2/c1-20-15(9-14(19-20)13-4-7-22-8-5-13)16(21)18-11-12-3-2-6-17-10-12/h2-3,6,9-10,13H,4-5,7-8,11H2,1H3,(H,18,21). The Labute approximate surface area is 129 Å². The van der Waals surface area contributed by atoms with Gasteiger partial charge in [0.25, 0.3) is 5.91 Å². The molecular formula is C16H20N4O2. The Hall–Kier alpha value is -2.21. The number of amides is 1. The number of pyridine rings is 1. The van der Waals surface area contributed by atoms with Gasteiger partial charge in [-0.1, -0.05) is 6.07 Å². The molecule has 3 heterocycles. The summed E-state index contributed by atoms with van der Waals surface area (Å²) in [5.74, 6) is 0.275. The molecule has 6 heteroatoms. The summed E-state index contributed by atoms with van der Waals surface area (Å²) in [6.07, 6.45) is 5.39. The lowest BCUT2D eigenvalue weighted by atomic mass is 9.96. The normalized spacial score (nSPS) is 15.7. The van der Waals surface area contributed by atoms with Crippen LogP contribution in [0.15, 0.2) is 30.6 Å². The lowest BCUT2D eigenvalue weighted by Crippen LogP contribution is -2.25. The highest BCUT2D eigenvalue weighted by molar-refractivity contribution is 5.92. The SMILES string of the molecule is Cn1nc(C2CCOCC2)cc1C(=O)NCc1cccnc1. The lowest BCUT2D eigenvalue weighted by molar-refractivity contribution is 0.0844. The van der Waals surface area contributed by atoms with Gasteiger partial charge in [0.05, 0.1) is 5.69 Å². The molecule has 0 saturated carbocycles. The average molecular weight is 300 g/mol. The number of ether oxygens (including phenoxy) is 1. The zero-order chi connectivity index (χ0) is 15.4. The summed E-state index contributed by atoms with van der Waals surface area (Å²) in [7, 11) is 1.81. The monoisotopic (exact) mass is 300 g/mol. The van der Waals surface area contributed by atoms with Gasteiger partial charge in [-0.15, -0.1) is 0 Å². The van der Waals surface area contributed by atoms with E-state index in [0.717, 1.165) is 37.3 Å². The van der Waals surface area contributed by atoms with Crippen LogP contribution in [0.1, 0.15) is 40.5 Å². The van der Waals surface area contributed by atoms with E-state index < -0.39 is 0 Å². The van der Waals surface area contributed by atoms with Gasteiger partial charge in [-0.3, -0.25) is 14.5 Å². The average Bonchev–Trinajstić information content (AvgIpc) is 2.96. The molecular weight excluding hydrogens is 280 g/mol. The molecule has 1 amide bonds. The summed E-state index contributed by atoms with van der Waals surface area (Å²) >= 11 is 0. The summed E-state index contributed by atoms with van der Waals surface area (Å²) in [4.78, 5) is 16.4. The van der Waals surface area contributed by atoms with Crippen LogP contribution >= 0.6 is 0 Å². The van der Waals surface area contributed by atoms with Crippen molar-refractivity contribution in [3.05, 3.63) is 47.5 Å². The van der Waals surface area contributed by atoms with Gasteiger partial charge in [0.1, 0.15) is 5.69 Å². The molecule has 2 aromatic heterocycles. The Morgan fingerprint density at radius 1 is 1.45 bits per heavy atom. The van der Waals surface area contributed by atoms with Crippen molar-refractivity contribution in [3.8, 4) is 0 Å². The van der Waals surface area contributed by atoms with Crippen molar-refractivity contribution in [2.45, 2.75) is 25.3 Å². The molecule has 0 atom stereocenters. The number of nitrogens with zero attached hydrogens (tertiary/aromatic N) is 3. The number of hydrogen-bond donors (Lipinski definition) is 1. The quantitative estimate of drug-likeness (QED) is 0.932. The second-order valence-corrected chi connectivity index (χ2v) is 5.51. The van der Waals surface area contributed by atoms with Crippen LogP contribution in [0.25, 0.3) is 0 Å². The van der Waals surface area contributed by atoms with Crippen LogP contribution in [-0.2, 0) is 18.3 Å². The van der Waals surface area contributed by atoms with Crippen molar-refractivity contribution in [3.63, 3.8) is 0 Å². The first-order chi connectivity index (χ1) is 10.7. The van der Waals surface area contributed by atoms with Crippen molar-refractivity contribution in [2.24, 2.45) is 7.05 Å². The summed E-state index contributed by atoms with van der Waals surface area (Å²) < 4.78 is 7.03. The van der Waals surface area contributed by atoms with Gasteiger partial charge < -0.3 is 10.1 Å². The molecule has 3 rings (SSSR count). The first-order valence-electron chi connectivity index (χ1n) is 7.53. The van der Waals surface area contributed by atoms with Gasteiger partial charge >= 0.3 is 0 Å². The molecule has 1 aliphatic heterocycles. The first-order valence-corrected chi connectivity index (χ1v) is 7.53. The fourth-order valence-electron chi connectivity index (χ4n) is 2.67. The van der Waals surface area contributed by atoms with Crippen LogP contribution in [0, 0.1) is 0 Å². The van der Waals surface area contributed by atoms with Gasteiger partial charge in [-0.25, -0.2) is 0 Å². The fourth-order valence-corrected chi connectivity index (χ4v) is 2.67. The molecule has 116 valence electrons. The Kier molecular flexibility index (Phi) is 4.48. The number of aryl methyl sites for hydroxylation is 1. The minimum atomic E-state index is -0.114. The predicted octanol–water partition coefficient (Wildman–Crippen LogP) is 1.64. The fraction of sp³-hybridized carbons (Fsp3) is 0.438. The third kappa shape index (κ3) is 3.33. The highest BCUT2D eigenvalue weighted by Gasteiger charge is 2.21. The van der Waals surface area contributed by atoms with E-state index in [1.54, 1.807) is 17.1 Å². The third-order valence-corrected chi connectivity index (χ3v) is 3.95. The molecule has 0 bridgehead atoms. The Morgan fingerprint density at radius 3 is 3.00 bits per heavy atom. The van der Waals surface area contributed by atoms with E-state index in [0.29, 0.717) is 18.2 Å². The molecule has 0 unspecified atom stereocenters.